The van der Waals surface area contributed by atoms with Gasteiger partial charge in [-0.25, -0.2) is 0 Å². The molecule has 3 aromatic carbocycles. The van der Waals surface area contributed by atoms with Gasteiger partial charge in [0.2, 0.25) is 0 Å². The highest BCUT2D eigenvalue weighted by atomic mass is 16.5. The van der Waals surface area contributed by atoms with Crippen LogP contribution in [0.2, 0.25) is 0 Å². The molecule has 0 saturated carbocycles. The Morgan fingerprint density at radius 2 is 1.33 bits per heavy atom. The summed E-state index contributed by atoms with van der Waals surface area (Å²) < 4.78 is 5.59. The van der Waals surface area contributed by atoms with Gasteiger partial charge in [-0.1, -0.05) is 54.6 Å². The van der Waals surface area contributed by atoms with Crippen LogP contribution in [0.1, 0.15) is 35.3 Å². The lowest BCUT2D eigenvalue weighted by atomic mass is 10.1. The molecule has 0 aromatic heterocycles. The molecule has 3 rings (SSSR count). The Balaban J connectivity index is 1.55. The zero-order valence-corrected chi connectivity index (χ0v) is 18.6. The molecular weight excluding hydrogens is 418 g/mol. The normalized spacial score (nSPS) is 10.4. The third-order valence-electron chi connectivity index (χ3n) is 4.67. The van der Waals surface area contributed by atoms with E-state index < -0.39 is 11.8 Å². The van der Waals surface area contributed by atoms with Crippen molar-refractivity contribution in [3.63, 3.8) is 0 Å². The van der Waals surface area contributed by atoms with E-state index in [0.717, 1.165) is 16.9 Å². The minimum atomic E-state index is -0.849. The molecule has 0 heterocycles. The van der Waals surface area contributed by atoms with Gasteiger partial charge in [0.15, 0.2) is 0 Å². The Morgan fingerprint density at radius 1 is 0.727 bits per heavy atom. The summed E-state index contributed by atoms with van der Waals surface area (Å²) in [7, 11) is 0. The van der Waals surface area contributed by atoms with Crippen molar-refractivity contribution in [3.05, 3.63) is 95.6 Å². The van der Waals surface area contributed by atoms with Crippen molar-refractivity contribution in [1.82, 2.24) is 10.6 Å². The van der Waals surface area contributed by atoms with Gasteiger partial charge in [-0.05, 0) is 49.2 Å². The second-order valence-electron chi connectivity index (χ2n) is 7.66. The molecule has 0 spiro atoms. The monoisotopic (exact) mass is 445 g/mol. The van der Waals surface area contributed by atoms with E-state index in [4.69, 9.17) is 4.74 Å². The van der Waals surface area contributed by atoms with Crippen LogP contribution in [0, 0.1) is 0 Å². The molecule has 7 nitrogen and oxygen atoms in total. The van der Waals surface area contributed by atoms with Crippen LogP contribution >= 0.6 is 0 Å². The zero-order chi connectivity index (χ0) is 23.6. The van der Waals surface area contributed by atoms with E-state index in [-0.39, 0.29) is 29.8 Å². The topological polar surface area (TPSA) is 96.5 Å². The van der Waals surface area contributed by atoms with Crippen LogP contribution in [-0.4, -0.2) is 23.8 Å². The Bertz CT molecular complexity index is 1100. The van der Waals surface area contributed by atoms with E-state index in [1.165, 1.54) is 0 Å². The molecule has 0 bridgehead atoms. The van der Waals surface area contributed by atoms with E-state index >= 15 is 0 Å². The maximum atomic E-state index is 12.6. The highest BCUT2D eigenvalue weighted by Crippen LogP contribution is 2.16. The SMILES string of the molecule is CC(C)Oc1ccc(CNC(=O)C(=O)Nc2ccccc2C(=O)NCc2ccccc2)cc1. The molecule has 170 valence electrons. The zero-order valence-electron chi connectivity index (χ0n) is 18.6. The molecule has 3 aromatic rings. The van der Waals surface area contributed by atoms with E-state index in [9.17, 15) is 14.4 Å². The van der Waals surface area contributed by atoms with Crippen LogP contribution in [0.4, 0.5) is 5.69 Å². The third kappa shape index (κ3) is 7.21. The van der Waals surface area contributed by atoms with Gasteiger partial charge in [-0.15, -0.1) is 0 Å². The number of carbonyl (C=O) groups excluding carboxylic acids is 3. The molecule has 3 N–H and O–H groups in total. The molecule has 0 saturated heterocycles. The van der Waals surface area contributed by atoms with Crippen LogP contribution in [0.3, 0.4) is 0 Å². The first-order valence-electron chi connectivity index (χ1n) is 10.7. The minimum absolute atomic E-state index is 0.0718. The van der Waals surface area contributed by atoms with Crippen molar-refractivity contribution in [2.45, 2.75) is 33.0 Å². The summed E-state index contributed by atoms with van der Waals surface area (Å²) in [5, 5.41) is 7.93. The fourth-order valence-electron chi connectivity index (χ4n) is 3.06. The van der Waals surface area contributed by atoms with Gasteiger partial charge >= 0.3 is 11.8 Å². The fourth-order valence-corrected chi connectivity index (χ4v) is 3.06. The Morgan fingerprint density at radius 3 is 2.03 bits per heavy atom. The number of ether oxygens (including phenoxy) is 1. The van der Waals surface area contributed by atoms with Crippen LogP contribution in [-0.2, 0) is 22.7 Å². The molecule has 0 radical (unpaired) electrons. The summed E-state index contributed by atoms with van der Waals surface area (Å²) in [6.07, 6.45) is 0.0718. The van der Waals surface area contributed by atoms with Gasteiger partial charge in [-0.2, -0.15) is 0 Å². The van der Waals surface area contributed by atoms with Crippen LogP contribution in [0.25, 0.3) is 0 Å². The molecule has 0 fully saturated rings. The predicted octanol–water partition coefficient (Wildman–Crippen LogP) is 3.66. The van der Waals surface area contributed by atoms with Crippen molar-refractivity contribution >= 4 is 23.4 Å². The lowest BCUT2D eigenvalue weighted by Crippen LogP contribution is -2.35. The number of hydrogen-bond acceptors (Lipinski definition) is 4. The Hall–Kier alpha value is -4.13. The molecule has 0 unspecified atom stereocenters. The number of para-hydroxylation sites is 1. The van der Waals surface area contributed by atoms with Gasteiger partial charge < -0.3 is 20.7 Å². The maximum Gasteiger partial charge on any atom is 0.313 e. The summed E-state index contributed by atoms with van der Waals surface area (Å²) in [6.45, 7) is 4.42. The Kier molecular flexibility index (Phi) is 8.18. The molecule has 0 atom stereocenters. The molecule has 0 aliphatic rings. The van der Waals surface area contributed by atoms with Crippen molar-refractivity contribution in [1.29, 1.82) is 0 Å². The number of carbonyl (C=O) groups is 3. The molecule has 33 heavy (non-hydrogen) atoms. The first-order chi connectivity index (χ1) is 15.9. The van der Waals surface area contributed by atoms with E-state index in [1.54, 1.807) is 24.3 Å². The van der Waals surface area contributed by atoms with Crippen LogP contribution in [0.15, 0.2) is 78.9 Å². The Labute approximate surface area is 193 Å². The fraction of sp³-hybridized carbons (Fsp3) is 0.192. The highest BCUT2D eigenvalue weighted by molar-refractivity contribution is 6.40. The molecule has 0 aliphatic carbocycles. The quantitative estimate of drug-likeness (QED) is 0.461. The standard InChI is InChI=1S/C26H27N3O4/c1-18(2)33-21-14-12-20(13-15-21)17-28-25(31)26(32)29-23-11-7-6-10-22(23)24(30)27-16-19-8-4-3-5-9-19/h3-15,18H,16-17H2,1-2H3,(H,27,30)(H,28,31)(H,29,32). The maximum absolute atomic E-state index is 12.6. The smallest absolute Gasteiger partial charge is 0.313 e. The molecular formula is C26H27N3O4. The average molecular weight is 446 g/mol. The lowest BCUT2D eigenvalue weighted by Gasteiger charge is -2.12. The average Bonchev–Trinajstić information content (AvgIpc) is 2.82. The van der Waals surface area contributed by atoms with Crippen molar-refractivity contribution in [2.75, 3.05) is 5.32 Å². The lowest BCUT2D eigenvalue weighted by molar-refractivity contribution is -0.136. The van der Waals surface area contributed by atoms with Gasteiger partial charge in [0.1, 0.15) is 5.75 Å². The predicted molar refractivity (Wildman–Crippen MR) is 127 cm³/mol. The minimum Gasteiger partial charge on any atom is -0.491 e. The van der Waals surface area contributed by atoms with E-state index in [0.29, 0.717) is 6.54 Å². The summed E-state index contributed by atoms with van der Waals surface area (Å²) in [5.74, 6) is -1.26. The summed E-state index contributed by atoms with van der Waals surface area (Å²) >= 11 is 0. The van der Waals surface area contributed by atoms with Gasteiger partial charge in [0.05, 0.1) is 17.4 Å². The third-order valence-corrected chi connectivity index (χ3v) is 4.67. The second-order valence-corrected chi connectivity index (χ2v) is 7.66. The van der Waals surface area contributed by atoms with Gasteiger partial charge in [-0.3, -0.25) is 14.4 Å². The molecule has 0 aliphatic heterocycles. The van der Waals surface area contributed by atoms with Crippen LogP contribution < -0.4 is 20.7 Å². The van der Waals surface area contributed by atoms with E-state index in [1.807, 2.05) is 68.4 Å². The number of nitrogens with one attached hydrogen (secondary N) is 3. The second kappa shape index (κ2) is 11.5. The van der Waals surface area contributed by atoms with Crippen LogP contribution in [0.5, 0.6) is 5.75 Å². The number of anilines is 1. The number of rotatable bonds is 8. The molecule has 3 amide bonds. The van der Waals surface area contributed by atoms with Crippen molar-refractivity contribution in [2.24, 2.45) is 0 Å². The summed E-state index contributed by atoms with van der Waals surface area (Å²) in [5.41, 5.74) is 2.32. The van der Waals surface area contributed by atoms with Crippen molar-refractivity contribution < 1.29 is 19.1 Å². The number of amides is 3. The number of hydrogen-bond donors (Lipinski definition) is 3. The van der Waals surface area contributed by atoms with Gasteiger partial charge in [0.25, 0.3) is 5.91 Å². The summed E-state index contributed by atoms with van der Waals surface area (Å²) in [6, 6.07) is 23.3. The van der Waals surface area contributed by atoms with Gasteiger partial charge in [0, 0.05) is 13.1 Å². The first kappa shape index (κ1) is 23.5. The largest absolute Gasteiger partial charge is 0.491 e. The first-order valence-corrected chi connectivity index (χ1v) is 10.7. The highest BCUT2D eigenvalue weighted by Gasteiger charge is 2.17. The van der Waals surface area contributed by atoms with Crippen molar-refractivity contribution in [3.8, 4) is 5.75 Å². The number of benzene rings is 3. The molecule has 7 heteroatoms. The van der Waals surface area contributed by atoms with E-state index in [2.05, 4.69) is 16.0 Å². The summed E-state index contributed by atoms with van der Waals surface area (Å²) in [4.78, 5) is 37.3.